The summed E-state index contributed by atoms with van der Waals surface area (Å²) >= 11 is 0. The zero-order valence-electron chi connectivity index (χ0n) is 16.0. The van der Waals surface area contributed by atoms with E-state index in [4.69, 9.17) is 0 Å². The van der Waals surface area contributed by atoms with Crippen LogP contribution in [-0.4, -0.2) is 50.9 Å². The lowest BCUT2D eigenvalue weighted by molar-refractivity contribution is -0.123. The lowest BCUT2D eigenvalue weighted by Crippen LogP contribution is -2.46. The highest BCUT2D eigenvalue weighted by Crippen LogP contribution is 2.25. The molecule has 0 spiro atoms. The van der Waals surface area contributed by atoms with E-state index in [0.717, 1.165) is 43.4 Å². The van der Waals surface area contributed by atoms with Gasteiger partial charge in [-0.25, -0.2) is 8.42 Å². The fraction of sp³-hybridized carbons (Fsp3) is 0.632. The average Bonchev–Trinajstić information content (AvgIpc) is 3.17. The van der Waals surface area contributed by atoms with E-state index in [0.29, 0.717) is 24.5 Å². The highest BCUT2D eigenvalue weighted by Gasteiger charge is 2.31. The van der Waals surface area contributed by atoms with Crippen LogP contribution in [0.15, 0.2) is 23.1 Å². The van der Waals surface area contributed by atoms with Gasteiger partial charge in [-0.15, -0.1) is 12.4 Å². The van der Waals surface area contributed by atoms with Gasteiger partial charge in [-0.3, -0.25) is 4.79 Å². The normalized spacial score (nSPS) is 23.6. The number of carbonyl (C=O) groups excluding carboxylic acids is 1. The predicted octanol–water partition coefficient (Wildman–Crippen LogP) is 1.99. The number of carbonyl (C=O) groups is 1. The summed E-state index contributed by atoms with van der Waals surface area (Å²) in [5.41, 5.74) is 2.07. The molecule has 2 N–H and O–H groups in total. The van der Waals surface area contributed by atoms with Crippen molar-refractivity contribution in [1.82, 2.24) is 14.9 Å². The van der Waals surface area contributed by atoms with Crippen LogP contribution >= 0.6 is 12.4 Å². The van der Waals surface area contributed by atoms with Gasteiger partial charge >= 0.3 is 0 Å². The Morgan fingerprint density at radius 3 is 2.67 bits per heavy atom. The predicted molar refractivity (Wildman–Crippen MR) is 109 cm³/mol. The molecule has 2 saturated heterocycles. The minimum absolute atomic E-state index is 0. The van der Waals surface area contributed by atoms with E-state index in [-0.39, 0.29) is 30.3 Å². The maximum Gasteiger partial charge on any atom is 0.243 e. The third-order valence-electron chi connectivity index (χ3n) is 5.54. The lowest BCUT2D eigenvalue weighted by atomic mass is 9.99. The van der Waals surface area contributed by atoms with Crippen LogP contribution in [0.25, 0.3) is 0 Å². The van der Waals surface area contributed by atoms with E-state index in [1.807, 2.05) is 19.9 Å². The zero-order chi connectivity index (χ0) is 18.7. The third-order valence-corrected chi connectivity index (χ3v) is 7.40. The van der Waals surface area contributed by atoms with E-state index in [1.54, 1.807) is 16.4 Å². The van der Waals surface area contributed by atoms with Gasteiger partial charge < -0.3 is 10.6 Å². The number of halogens is 1. The molecule has 27 heavy (non-hydrogen) atoms. The molecule has 2 aliphatic heterocycles. The van der Waals surface area contributed by atoms with E-state index in [9.17, 15) is 13.2 Å². The highest BCUT2D eigenvalue weighted by molar-refractivity contribution is 7.89. The zero-order valence-corrected chi connectivity index (χ0v) is 17.7. The Morgan fingerprint density at radius 1 is 1.22 bits per heavy atom. The topological polar surface area (TPSA) is 78.5 Å². The van der Waals surface area contributed by atoms with Crippen molar-refractivity contribution < 1.29 is 13.2 Å². The molecule has 2 atom stereocenters. The number of rotatable bonds is 5. The summed E-state index contributed by atoms with van der Waals surface area (Å²) in [7, 11) is -3.48. The van der Waals surface area contributed by atoms with Crippen molar-refractivity contribution in [1.29, 1.82) is 0 Å². The molecule has 0 aromatic heterocycles. The van der Waals surface area contributed by atoms with E-state index < -0.39 is 10.0 Å². The van der Waals surface area contributed by atoms with Crippen molar-refractivity contribution in [2.75, 3.05) is 26.2 Å². The summed E-state index contributed by atoms with van der Waals surface area (Å²) in [6.45, 7) is 6.35. The van der Waals surface area contributed by atoms with E-state index >= 15 is 0 Å². The van der Waals surface area contributed by atoms with Gasteiger partial charge in [0.05, 0.1) is 10.9 Å². The van der Waals surface area contributed by atoms with Gasteiger partial charge in [0.25, 0.3) is 0 Å². The van der Waals surface area contributed by atoms with Crippen LogP contribution in [0.2, 0.25) is 0 Å². The van der Waals surface area contributed by atoms with Gasteiger partial charge in [0.2, 0.25) is 15.9 Å². The van der Waals surface area contributed by atoms with Gasteiger partial charge in [0.1, 0.15) is 0 Å². The number of nitrogens with one attached hydrogen (secondary N) is 2. The first-order chi connectivity index (χ1) is 12.4. The Bertz CT molecular complexity index is 763. The van der Waals surface area contributed by atoms with Crippen molar-refractivity contribution in [2.45, 2.75) is 50.5 Å². The number of sulfonamides is 1. The summed E-state index contributed by atoms with van der Waals surface area (Å²) < 4.78 is 27.5. The first-order valence-corrected chi connectivity index (χ1v) is 10.9. The van der Waals surface area contributed by atoms with Crippen LogP contribution in [0.3, 0.4) is 0 Å². The smallest absolute Gasteiger partial charge is 0.243 e. The average molecular weight is 416 g/mol. The number of hydrogen-bond acceptors (Lipinski definition) is 4. The fourth-order valence-corrected chi connectivity index (χ4v) is 5.35. The molecule has 1 aromatic carbocycles. The number of nitrogens with zero attached hydrogens (tertiary/aromatic N) is 1. The van der Waals surface area contributed by atoms with Crippen LogP contribution in [-0.2, 0) is 14.8 Å². The van der Waals surface area contributed by atoms with E-state index in [1.165, 1.54) is 0 Å². The molecule has 6 nitrogen and oxygen atoms in total. The molecule has 1 aromatic rings. The molecule has 2 heterocycles. The molecule has 0 saturated carbocycles. The van der Waals surface area contributed by atoms with Crippen molar-refractivity contribution in [3.05, 3.63) is 29.3 Å². The summed E-state index contributed by atoms with van der Waals surface area (Å²) in [4.78, 5) is 12.5. The molecule has 3 rings (SSSR count). The molecule has 2 fully saturated rings. The van der Waals surface area contributed by atoms with Gasteiger partial charge in [-0.2, -0.15) is 4.31 Å². The van der Waals surface area contributed by atoms with Gasteiger partial charge in [-0.1, -0.05) is 6.07 Å². The van der Waals surface area contributed by atoms with Crippen LogP contribution in [0.5, 0.6) is 0 Å². The first kappa shape index (κ1) is 22.1. The molecular formula is C19H30ClN3O3S. The van der Waals surface area contributed by atoms with Crippen molar-refractivity contribution in [3.63, 3.8) is 0 Å². The molecular weight excluding hydrogens is 386 g/mol. The third kappa shape index (κ3) is 5.22. The standard InChI is InChI=1S/C19H29N3O3S.ClH/c1-14-7-8-17(11-15(14)2)26(24,25)22-10-4-5-16(13-22)12-21-19(23)18-6-3-9-20-18;/h7-8,11,16,18,20H,3-6,9-10,12-13H2,1-2H3,(H,21,23);1H. The Balaban J connectivity index is 0.00000261. The number of amides is 1. The SMILES string of the molecule is Cc1ccc(S(=O)(=O)N2CCCC(CNC(=O)C3CCCN3)C2)cc1C.Cl. The second-order valence-corrected chi connectivity index (χ2v) is 9.45. The van der Waals surface area contributed by atoms with E-state index in [2.05, 4.69) is 10.6 Å². The molecule has 2 aliphatic rings. The number of hydrogen-bond donors (Lipinski definition) is 2. The minimum Gasteiger partial charge on any atom is -0.354 e. The summed E-state index contributed by atoms with van der Waals surface area (Å²) in [6, 6.07) is 5.21. The number of aryl methyl sites for hydroxylation is 2. The second kappa shape index (κ2) is 9.37. The molecule has 0 aliphatic carbocycles. The first-order valence-electron chi connectivity index (χ1n) is 9.46. The van der Waals surface area contributed by atoms with Crippen LogP contribution < -0.4 is 10.6 Å². The summed E-state index contributed by atoms with van der Waals surface area (Å²) in [5.74, 6) is 0.201. The maximum absolute atomic E-state index is 13.0. The minimum atomic E-state index is -3.48. The van der Waals surface area contributed by atoms with Crippen molar-refractivity contribution >= 4 is 28.3 Å². The summed E-state index contributed by atoms with van der Waals surface area (Å²) in [6.07, 6.45) is 3.68. The lowest BCUT2D eigenvalue weighted by Gasteiger charge is -2.32. The molecule has 2 unspecified atom stereocenters. The Kier molecular flexibility index (Phi) is 7.68. The largest absolute Gasteiger partial charge is 0.354 e. The van der Waals surface area contributed by atoms with Gasteiger partial charge in [-0.05, 0) is 75.3 Å². The van der Waals surface area contributed by atoms with Gasteiger partial charge in [0, 0.05) is 19.6 Å². The van der Waals surface area contributed by atoms with Gasteiger partial charge in [0.15, 0.2) is 0 Å². The molecule has 1 amide bonds. The van der Waals surface area contributed by atoms with Crippen molar-refractivity contribution in [3.8, 4) is 0 Å². The molecule has 8 heteroatoms. The molecule has 0 radical (unpaired) electrons. The monoisotopic (exact) mass is 415 g/mol. The molecule has 152 valence electrons. The molecule has 0 bridgehead atoms. The Hall–Kier alpha value is -1.15. The van der Waals surface area contributed by atoms with Crippen LogP contribution in [0, 0.1) is 19.8 Å². The quantitative estimate of drug-likeness (QED) is 0.770. The fourth-order valence-electron chi connectivity index (χ4n) is 3.71. The highest BCUT2D eigenvalue weighted by atomic mass is 35.5. The Morgan fingerprint density at radius 2 is 2.00 bits per heavy atom. The second-order valence-electron chi connectivity index (χ2n) is 7.51. The van der Waals surface area contributed by atoms with Crippen LogP contribution in [0.4, 0.5) is 0 Å². The summed E-state index contributed by atoms with van der Waals surface area (Å²) in [5, 5.41) is 6.19. The maximum atomic E-state index is 13.0. The van der Waals surface area contributed by atoms with Crippen molar-refractivity contribution in [2.24, 2.45) is 5.92 Å². The number of benzene rings is 1. The number of piperidine rings is 1. The Labute approximate surface area is 168 Å². The van der Waals surface area contributed by atoms with Crippen LogP contribution in [0.1, 0.15) is 36.8 Å².